The molecule has 0 aromatic heterocycles. The molecule has 0 spiro atoms. The second-order valence-electron chi connectivity index (χ2n) is 5.88. The number of nitro groups is 2. The van der Waals surface area contributed by atoms with E-state index in [0.717, 1.165) is 0 Å². The van der Waals surface area contributed by atoms with E-state index < -0.39 is 21.7 Å². The molecule has 154 valence electrons. The first-order valence-electron chi connectivity index (χ1n) is 8.37. The minimum absolute atomic E-state index is 0.141. The van der Waals surface area contributed by atoms with Crippen molar-refractivity contribution in [1.82, 2.24) is 10.9 Å². The van der Waals surface area contributed by atoms with E-state index in [2.05, 4.69) is 21.1 Å². The first-order valence-corrected chi connectivity index (χ1v) is 8.37. The number of non-ortho nitro benzene ring substituents is 2. The maximum Gasteiger partial charge on any atom is 0.271 e. The van der Waals surface area contributed by atoms with Crippen molar-refractivity contribution in [2.45, 2.75) is 13.8 Å². The third-order valence-electron chi connectivity index (χ3n) is 3.85. The number of benzene rings is 2. The van der Waals surface area contributed by atoms with Gasteiger partial charge in [0.05, 0.1) is 21.3 Å². The minimum atomic E-state index is -0.577. The third kappa shape index (κ3) is 5.76. The normalized spacial score (nSPS) is 11.5. The number of nitrogens with zero attached hydrogens (tertiary/aromatic N) is 4. The molecule has 2 amide bonds. The molecule has 2 N–H and O–H groups in total. The van der Waals surface area contributed by atoms with E-state index in [4.69, 9.17) is 0 Å². The molecule has 0 aliphatic heterocycles. The molecule has 30 heavy (non-hydrogen) atoms. The predicted molar refractivity (Wildman–Crippen MR) is 107 cm³/mol. The van der Waals surface area contributed by atoms with Gasteiger partial charge in [0, 0.05) is 35.4 Å². The van der Waals surface area contributed by atoms with Gasteiger partial charge in [0.2, 0.25) is 0 Å². The zero-order chi connectivity index (χ0) is 22.3. The SMILES string of the molecule is CC(=N\NC(=O)c1ccc([N+](=O)[O-])cc1)/C(C)=N/NC(=O)c1ccc([N+](=O)[O-])cc1. The van der Waals surface area contributed by atoms with Gasteiger partial charge >= 0.3 is 0 Å². The Morgan fingerprint density at radius 1 is 0.700 bits per heavy atom. The first-order chi connectivity index (χ1) is 14.2. The smallest absolute Gasteiger partial charge is 0.267 e. The molecule has 0 unspecified atom stereocenters. The van der Waals surface area contributed by atoms with E-state index in [9.17, 15) is 29.8 Å². The van der Waals surface area contributed by atoms with Crippen LogP contribution >= 0.6 is 0 Å². The Morgan fingerprint density at radius 3 is 1.27 bits per heavy atom. The lowest BCUT2D eigenvalue weighted by atomic mass is 10.2. The van der Waals surface area contributed by atoms with Gasteiger partial charge in [-0.3, -0.25) is 29.8 Å². The Bertz CT molecular complexity index is 958. The highest BCUT2D eigenvalue weighted by Crippen LogP contribution is 2.12. The Morgan fingerprint density at radius 2 is 1.00 bits per heavy atom. The van der Waals surface area contributed by atoms with Gasteiger partial charge in [0.25, 0.3) is 23.2 Å². The van der Waals surface area contributed by atoms with Crippen molar-refractivity contribution in [2.75, 3.05) is 0 Å². The summed E-state index contributed by atoms with van der Waals surface area (Å²) >= 11 is 0. The number of hydrogen-bond acceptors (Lipinski definition) is 8. The lowest BCUT2D eigenvalue weighted by Gasteiger charge is -2.04. The number of hydrogen-bond donors (Lipinski definition) is 2. The molecule has 0 aliphatic rings. The topological polar surface area (TPSA) is 169 Å². The van der Waals surface area contributed by atoms with Gasteiger partial charge in [-0.15, -0.1) is 0 Å². The average molecular weight is 412 g/mol. The van der Waals surface area contributed by atoms with Crippen molar-refractivity contribution in [3.8, 4) is 0 Å². The van der Waals surface area contributed by atoms with Crippen LogP contribution in [-0.4, -0.2) is 33.1 Å². The highest BCUT2D eigenvalue weighted by atomic mass is 16.6. The molecular formula is C18H16N6O6. The molecule has 0 saturated heterocycles. The summed E-state index contributed by atoms with van der Waals surface area (Å²) in [5, 5.41) is 29.0. The van der Waals surface area contributed by atoms with E-state index in [1.54, 1.807) is 13.8 Å². The fourth-order valence-electron chi connectivity index (χ4n) is 2.03. The predicted octanol–water partition coefficient (Wildman–Crippen LogP) is 2.41. The van der Waals surface area contributed by atoms with Gasteiger partial charge in [-0.05, 0) is 38.1 Å². The molecule has 0 heterocycles. The van der Waals surface area contributed by atoms with Gasteiger partial charge in [-0.1, -0.05) is 0 Å². The first kappa shape index (κ1) is 21.8. The van der Waals surface area contributed by atoms with Crippen molar-refractivity contribution in [3.05, 3.63) is 79.9 Å². The summed E-state index contributed by atoms with van der Waals surface area (Å²) in [6.45, 7) is 3.10. The number of carbonyl (C=O) groups excluding carboxylic acids is 2. The number of carbonyl (C=O) groups is 2. The summed E-state index contributed by atoms with van der Waals surface area (Å²) in [7, 11) is 0. The number of nitro benzene ring substituents is 2. The second-order valence-corrected chi connectivity index (χ2v) is 5.88. The Kier molecular flexibility index (Phi) is 7.01. The van der Waals surface area contributed by atoms with Crippen LogP contribution in [0.15, 0.2) is 58.7 Å². The van der Waals surface area contributed by atoms with Crippen molar-refractivity contribution < 1.29 is 19.4 Å². The largest absolute Gasteiger partial charge is 0.271 e. The Balaban J connectivity index is 1.96. The summed E-state index contributed by atoms with van der Waals surface area (Å²) in [4.78, 5) is 44.2. The molecule has 0 fully saturated rings. The minimum Gasteiger partial charge on any atom is -0.267 e. The molecule has 2 aromatic rings. The van der Waals surface area contributed by atoms with Crippen LogP contribution in [0.2, 0.25) is 0 Å². The quantitative estimate of drug-likeness (QED) is 0.402. The molecule has 2 rings (SSSR count). The van der Waals surface area contributed by atoms with Gasteiger partial charge in [-0.25, -0.2) is 10.9 Å². The number of hydrazone groups is 2. The fraction of sp³-hybridized carbons (Fsp3) is 0.111. The van der Waals surface area contributed by atoms with Crippen molar-refractivity contribution in [1.29, 1.82) is 0 Å². The van der Waals surface area contributed by atoms with Crippen molar-refractivity contribution in [3.63, 3.8) is 0 Å². The molecule has 12 heteroatoms. The molecule has 0 atom stereocenters. The van der Waals surface area contributed by atoms with Crippen LogP contribution in [0.5, 0.6) is 0 Å². The van der Waals surface area contributed by atoms with Gasteiger partial charge in [0.15, 0.2) is 0 Å². The zero-order valence-corrected chi connectivity index (χ0v) is 15.9. The Labute approximate surface area is 169 Å². The van der Waals surface area contributed by atoms with E-state index in [1.165, 1.54) is 48.5 Å². The fourth-order valence-corrected chi connectivity index (χ4v) is 2.03. The highest BCUT2D eigenvalue weighted by molar-refractivity contribution is 6.40. The number of amides is 2. The molecule has 0 bridgehead atoms. The van der Waals surface area contributed by atoms with Gasteiger partial charge < -0.3 is 0 Å². The van der Waals surface area contributed by atoms with E-state index >= 15 is 0 Å². The summed E-state index contributed by atoms with van der Waals surface area (Å²) in [5.41, 5.74) is 5.25. The van der Waals surface area contributed by atoms with Crippen LogP contribution < -0.4 is 10.9 Å². The van der Waals surface area contributed by atoms with Crippen LogP contribution in [0, 0.1) is 20.2 Å². The summed E-state index contributed by atoms with van der Waals surface area (Å²) in [6, 6.07) is 9.98. The molecule has 0 saturated carbocycles. The van der Waals surface area contributed by atoms with Crippen LogP contribution in [0.1, 0.15) is 34.6 Å². The summed E-state index contributed by atoms with van der Waals surface area (Å²) in [5.74, 6) is -1.15. The Hall–Kier alpha value is -4.48. The average Bonchev–Trinajstić information content (AvgIpc) is 2.75. The van der Waals surface area contributed by atoms with Gasteiger partial charge in [-0.2, -0.15) is 10.2 Å². The molecule has 0 radical (unpaired) electrons. The van der Waals surface area contributed by atoms with Crippen LogP contribution in [0.3, 0.4) is 0 Å². The van der Waals surface area contributed by atoms with Crippen molar-refractivity contribution >= 4 is 34.6 Å². The number of nitrogens with one attached hydrogen (secondary N) is 2. The van der Waals surface area contributed by atoms with Crippen LogP contribution in [0.25, 0.3) is 0 Å². The second kappa shape index (κ2) is 9.64. The molecule has 0 aliphatic carbocycles. The van der Waals surface area contributed by atoms with Crippen LogP contribution in [-0.2, 0) is 0 Å². The third-order valence-corrected chi connectivity index (χ3v) is 3.85. The molecule has 2 aromatic carbocycles. The summed E-state index contributed by atoms with van der Waals surface area (Å²) in [6.07, 6.45) is 0. The standard InChI is InChI=1S/C18H16N6O6/c1-11(19-21-17(25)13-3-7-15(8-4-13)23(27)28)12(2)20-22-18(26)14-5-9-16(10-6-14)24(29)30/h3-10H,1-2H3,(H,21,25)(H,22,26)/b19-11+,20-12+. The summed E-state index contributed by atoms with van der Waals surface area (Å²) < 4.78 is 0. The monoisotopic (exact) mass is 412 g/mol. The highest BCUT2D eigenvalue weighted by Gasteiger charge is 2.11. The van der Waals surface area contributed by atoms with E-state index in [1.807, 2.05) is 0 Å². The molecule has 12 nitrogen and oxygen atoms in total. The maximum absolute atomic E-state index is 12.0. The number of rotatable bonds is 7. The zero-order valence-electron chi connectivity index (χ0n) is 15.9. The lowest BCUT2D eigenvalue weighted by Crippen LogP contribution is -2.24. The maximum atomic E-state index is 12.0. The van der Waals surface area contributed by atoms with E-state index in [0.29, 0.717) is 11.4 Å². The van der Waals surface area contributed by atoms with Gasteiger partial charge in [0.1, 0.15) is 0 Å². The van der Waals surface area contributed by atoms with Crippen molar-refractivity contribution in [2.24, 2.45) is 10.2 Å². The van der Waals surface area contributed by atoms with Crippen LogP contribution in [0.4, 0.5) is 11.4 Å². The van der Waals surface area contributed by atoms with E-state index in [-0.39, 0.29) is 22.5 Å². The lowest BCUT2D eigenvalue weighted by molar-refractivity contribution is -0.385. The molecular weight excluding hydrogens is 396 g/mol.